The quantitative estimate of drug-likeness (QED) is 0.801. The van der Waals surface area contributed by atoms with Gasteiger partial charge in [-0.05, 0) is 41.5 Å². The summed E-state index contributed by atoms with van der Waals surface area (Å²) in [6, 6.07) is 14.8. The number of rotatable bonds is 5. The van der Waals surface area contributed by atoms with E-state index in [0.717, 1.165) is 22.6 Å². The molecule has 2 aromatic carbocycles. The third-order valence-corrected chi connectivity index (χ3v) is 4.25. The van der Waals surface area contributed by atoms with Gasteiger partial charge in [-0.15, -0.1) is 0 Å². The molecular formula is C21H21N3O3. The number of ether oxygens (including phenoxy) is 1. The van der Waals surface area contributed by atoms with Crippen molar-refractivity contribution in [3.05, 3.63) is 65.7 Å². The van der Waals surface area contributed by atoms with Crippen molar-refractivity contribution < 1.29 is 14.3 Å². The second kappa shape index (κ2) is 8.31. The van der Waals surface area contributed by atoms with Crippen LogP contribution in [0.5, 0.6) is 5.75 Å². The predicted molar refractivity (Wildman–Crippen MR) is 106 cm³/mol. The highest BCUT2D eigenvalue weighted by molar-refractivity contribution is 6.06. The summed E-state index contributed by atoms with van der Waals surface area (Å²) < 4.78 is 5.11. The first kappa shape index (κ1) is 18.4. The van der Waals surface area contributed by atoms with Gasteiger partial charge < -0.3 is 10.1 Å². The summed E-state index contributed by atoms with van der Waals surface area (Å²) in [5.41, 5.74) is 5.88. The Kier molecular flexibility index (Phi) is 5.66. The van der Waals surface area contributed by atoms with Crippen LogP contribution in [0.1, 0.15) is 24.5 Å². The van der Waals surface area contributed by atoms with Crippen LogP contribution in [0.3, 0.4) is 0 Å². The lowest BCUT2D eigenvalue weighted by molar-refractivity contribution is -0.121. The summed E-state index contributed by atoms with van der Waals surface area (Å²) in [5.74, 6) is 0.549. The maximum Gasteiger partial charge on any atom is 0.248 e. The Morgan fingerprint density at radius 1 is 1.19 bits per heavy atom. The first-order valence-electron chi connectivity index (χ1n) is 8.65. The first-order valence-corrected chi connectivity index (χ1v) is 8.65. The molecule has 0 radical (unpaired) electrons. The van der Waals surface area contributed by atoms with Crippen molar-refractivity contribution >= 4 is 29.3 Å². The molecule has 2 amide bonds. The molecule has 2 N–H and O–H groups in total. The maximum atomic E-state index is 12.1. The van der Waals surface area contributed by atoms with E-state index >= 15 is 0 Å². The van der Waals surface area contributed by atoms with E-state index in [4.69, 9.17) is 4.74 Å². The van der Waals surface area contributed by atoms with E-state index in [1.54, 1.807) is 13.2 Å². The lowest BCUT2D eigenvalue weighted by Gasteiger charge is -2.19. The third kappa shape index (κ3) is 4.82. The van der Waals surface area contributed by atoms with Gasteiger partial charge in [-0.25, -0.2) is 5.43 Å². The smallest absolute Gasteiger partial charge is 0.248 e. The zero-order valence-corrected chi connectivity index (χ0v) is 15.2. The molecule has 0 aliphatic carbocycles. The first-order chi connectivity index (χ1) is 13.0. The van der Waals surface area contributed by atoms with E-state index in [0.29, 0.717) is 12.1 Å². The van der Waals surface area contributed by atoms with E-state index in [1.807, 2.05) is 55.5 Å². The van der Waals surface area contributed by atoms with Crippen LogP contribution in [-0.4, -0.2) is 24.6 Å². The Morgan fingerprint density at radius 3 is 2.52 bits per heavy atom. The average Bonchev–Trinajstić information content (AvgIpc) is 2.68. The molecule has 138 valence electrons. The Morgan fingerprint density at radius 2 is 1.89 bits per heavy atom. The topological polar surface area (TPSA) is 79.8 Å². The van der Waals surface area contributed by atoms with E-state index in [9.17, 15) is 9.59 Å². The SMILES string of the molecule is COc1ccc(C=CC(=O)Nc2ccc(C3=NNC(=O)CC3C)cc2)cc1. The molecule has 6 nitrogen and oxygen atoms in total. The van der Waals surface area contributed by atoms with Crippen LogP contribution in [0, 0.1) is 5.92 Å². The zero-order chi connectivity index (χ0) is 19.2. The van der Waals surface area contributed by atoms with Crippen LogP contribution in [-0.2, 0) is 9.59 Å². The van der Waals surface area contributed by atoms with E-state index in [-0.39, 0.29) is 17.7 Å². The average molecular weight is 363 g/mol. The van der Waals surface area contributed by atoms with Crippen molar-refractivity contribution in [2.24, 2.45) is 11.0 Å². The minimum absolute atomic E-state index is 0.0617. The van der Waals surface area contributed by atoms with Gasteiger partial charge in [0.1, 0.15) is 5.75 Å². The highest BCUT2D eigenvalue weighted by Gasteiger charge is 2.21. The fourth-order valence-corrected chi connectivity index (χ4v) is 2.80. The normalized spacial score (nSPS) is 16.6. The van der Waals surface area contributed by atoms with Gasteiger partial charge in [0.25, 0.3) is 0 Å². The number of carbonyl (C=O) groups excluding carboxylic acids is 2. The summed E-state index contributed by atoms with van der Waals surface area (Å²) in [6.45, 7) is 1.97. The van der Waals surface area contributed by atoms with Gasteiger partial charge in [-0.3, -0.25) is 9.59 Å². The summed E-state index contributed by atoms with van der Waals surface area (Å²) >= 11 is 0. The van der Waals surface area contributed by atoms with Gasteiger partial charge >= 0.3 is 0 Å². The number of nitrogens with zero attached hydrogens (tertiary/aromatic N) is 1. The molecule has 0 saturated heterocycles. The molecule has 0 bridgehead atoms. The van der Waals surface area contributed by atoms with E-state index in [2.05, 4.69) is 15.8 Å². The van der Waals surface area contributed by atoms with Crippen molar-refractivity contribution in [2.75, 3.05) is 12.4 Å². The highest BCUT2D eigenvalue weighted by atomic mass is 16.5. The zero-order valence-electron chi connectivity index (χ0n) is 15.2. The molecule has 1 atom stereocenters. The molecule has 0 aromatic heterocycles. The molecule has 27 heavy (non-hydrogen) atoms. The van der Waals surface area contributed by atoms with Crippen LogP contribution in [0.4, 0.5) is 5.69 Å². The third-order valence-electron chi connectivity index (χ3n) is 4.25. The summed E-state index contributed by atoms with van der Waals surface area (Å²) in [6.07, 6.45) is 3.65. The van der Waals surface area contributed by atoms with Crippen molar-refractivity contribution in [1.29, 1.82) is 0 Å². The molecule has 2 aromatic rings. The lowest BCUT2D eigenvalue weighted by atomic mass is 9.94. The fraction of sp³-hybridized carbons (Fsp3) is 0.190. The van der Waals surface area contributed by atoms with Gasteiger partial charge in [0.15, 0.2) is 0 Å². The number of carbonyl (C=O) groups is 2. The van der Waals surface area contributed by atoms with Crippen molar-refractivity contribution in [1.82, 2.24) is 5.43 Å². The second-order valence-corrected chi connectivity index (χ2v) is 6.31. The fourth-order valence-electron chi connectivity index (χ4n) is 2.80. The Hall–Kier alpha value is -3.41. The minimum atomic E-state index is -0.214. The van der Waals surface area contributed by atoms with Crippen molar-refractivity contribution in [3.8, 4) is 5.75 Å². The number of nitrogens with one attached hydrogen (secondary N) is 2. The predicted octanol–water partition coefficient (Wildman–Crippen LogP) is 3.21. The number of methoxy groups -OCH3 is 1. The summed E-state index contributed by atoms with van der Waals surface area (Å²) in [7, 11) is 1.61. The molecule has 0 saturated carbocycles. The monoisotopic (exact) mass is 363 g/mol. The van der Waals surface area contributed by atoms with Crippen molar-refractivity contribution in [2.45, 2.75) is 13.3 Å². The molecule has 0 spiro atoms. The number of anilines is 1. The molecule has 0 fully saturated rings. The van der Waals surface area contributed by atoms with E-state index in [1.165, 1.54) is 6.08 Å². The molecule has 1 aliphatic rings. The van der Waals surface area contributed by atoms with Gasteiger partial charge in [-0.1, -0.05) is 31.2 Å². The largest absolute Gasteiger partial charge is 0.497 e. The van der Waals surface area contributed by atoms with Gasteiger partial charge in [0, 0.05) is 24.1 Å². The van der Waals surface area contributed by atoms with Crippen molar-refractivity contribution in [3.63, 3.8) is 0 Å². The number of hydrazone groups is 1. The summed E-state index contributed by atoms with van der Waals surface area (Å²) in [5, 5.41) is 6.96. The summed E-state index contributed by atoms with van der Waals surface area (Å²) in [4.78, 5) is 23.4. The van der Waals surface area contributed by atoms with Gasteiger partial charge in [0.05, 0.1) is 12.8 Å². The maximum absolute atomic E-state index is 12.1. The molecule has 3 rings (SSSR count). The van der Waals surface area contributed by atoms with Crippen LogP contribution in [0.15, 0.2) is 59.7 Å². The number of amides is 2. The molecule has 1 unspecified atom stereocenters. The van der Waals surface area contributed by atoms with E-state index < -0.39 is 0 Å². The Bertz CT molecular complexity index is 884. The highest BCUT2D eigenvalue weighted by Crippen LogP contribution is 2.18. The van der Waals surface area contributed by atoms with Crippen LogP contribution >= 0.6 is 0 Å². The van der Waals surface area contributed by atoms with Crippen LogP contribution in [0.25, 0.3) is 6.08 Å². The Labute approximate surface area is 157 Å². The van der Waals surface area contributed by atoms with Gasteiger partial charge in [-0.2, -0.15) is 5.10 Å². The Balaban J connectivity index is 1.61. The number of hydrogen-bond donors (Lipinski definition) is 2. The number of hydrogen-bond acceptors (Lipinski definition) is 4. The lowest BCUT2D eigenvalue weighted by Crippen LogP contribution is -2.31. The van der Waals surface area contributed by atoms with Crippen LogP contribution < -0.4 is 15.5 Å². The van der Waals surface area contributed by atoms with Gasteiger partial charge in [0.2, 0.25) is 11.8 Å². The molecule has 1 heterocycles. The molecule has 1 aliphatic heterocycles. The number of benzene rings is 2. The molecular weight excluding hydrogens is 342 g/mol. The second-order valence-electron chi connectivity index (χ2n) is 6.31. The minimum Gasteiger partial charge on any atom is -0.497 e. The van der Waals surface area contributed by atoms with Crippen LogP contribution in [0.2, 0.25) is 0 Å². The standard InChI is InChI=1S/C21H21N3O3/c1-14-13-20(26)23-24-21(14)16-6-8-17(9-7-16)22-19(25)12-5-15-3-10-18(27-2)11-4-15/h3-12,14H,13H2,1-2H3,(H,22,25)(H,23,26). The molecule has 6 heteroatoms.